The van der Waals surface area contributed by atoms with Crippen LogP contribution in [0.2, 0.25) is 0 Å². The van der Waals surface area contributed by atoms with Crippen molar-refractivity contribution in [3.8, 4) is 0 Å². The zero-order chi connectivity index (χ0) is 10.9. The Bertz CT molecular complexity index is 214. The largest absolute Gasteiger partial charge is 0.352 e. The zero-order valence-corrected chi connectivity index (χ0v) is 9.63. The standard InChI is InChI=1S/C11H22N2O/c1-7-5-8(6-7)13-10(14)9(12)11(2,3)4/h7-9H,5-6,12H2,1-4H3,(H,13,14)/t7?,8?,9-/m1/s1. The van der Waals surface area contributed by atoms with E-state index in [-0.39, 0.29) is 11.3 Å². The summed E-state index contributed by atoms with van der Waals surface area (Å²) in [5.41, 5.74) is 5.69. The van der Waals surface area contributed by atoms with Crippen LogP contribution in [0.1, 0.15) is 40.5 Å². The van der Waals surface area contributed by atoms with Crippen LogP contribution >= 0.6 is 0 Å². The van der Waals surface area contributed by atoms with Gasteiger partial charge in [-0.05, 0) is 24.2 Å². The summed E-state index contributed by atoms with van der Waals surface area (Å²) in [6.45, 7) is 8.16. The van der Waals surface area contributed by atoms with Crippen molar-refractivity contribution in [1.29, 1.82) is 0 Å². The summed E-state index contributed by atoms with van der Waals surface area (Å²) < 4.78 is 0. The van der Waals surface area contributed by atoms with Crippen molar-refractivity contribution in [2.45, 2.75) is 52.6 Å². The first-order valence-corrected chi connectivity index (χ1v) is 5.36. The molecule has 0 heterocycles. The lowest BCUT2D eigenvalue weighted by Gasteiger charge is -2.35. The van der Waals surface area contributed by atoms with Crippen molar-refractivity contribution < 1.29 is 4.79 Å². The molecule has 3 N–H and O–H groups in total. The lowest BCUT2D eigenvalue weighted by atomic mass is 9.81. The third-order valence-corrected chi connectivity index (χ3v) is 2.94. The average Bonchev–Trinajstić information content (AvgIpc) is 1.98. The highest BCUT2D eigenvalue weighted by atomic mass is 16.2. The van der Waals surface area contributed by atoms with Crippen LogP contribution < -0.4 is 11.1 Å². The average molecular weight is 198 g/mol. The highest BCUT2D eigenvalue weighted by Crippen LogP contribution is 2.27. The Labute approximate surface area is 86.4 Å². The Balaban J connectivity index is 2.35. The number of nitrogens with two attached hydrogens (primary N) is 1. The molecule has 0 unspecified atom stereocenters. The second-order valence-corrected chi connectivity index (χ2v) is 5.63. The highest BCUT2D eigenvalue weighted by Gasteiger charge is 2.32. The van der Waals surface area contributed by atoms with Gasteiger partial charge in [0.15, 0.2) is 0 Å². The molecule has 1 aliphatic carbocycles. The van der Waals surface area contributed by atoms with Crippen LogP contribution in [0.3, 0.4) is 0 Å². The van der Waals surface area contributed by atoms with Gasteiger partial charge < -0.3 is 11.1 Å². The van der Waals surface area contributed by atoms with Crippen molar-refractivity contribution >= 4 is 5.91 Å². The van der Waals surface area contributed by atoms with Gasteiger partial charge in [-0.25, -0.2) is 0 Å². The Morgan fingerprint density at radius 1 is 1.43 bits per heavy atom. The van der Waals surface area contributed by atoms with Crippen LogP contribution in [0.5, 0.6) is 0 Å². The second-order valence-electron chi connectivity index (χ2n) is 5.63. The van der Waals surface area contributed by atoms with Gasteiger partial charge in [0.2, 0.25) is 5.91 Å². The summed E-state index contributed by atoms with van der Waals surface area (Å²) in [6, 6.07) is -0.0377. The van der Waals surface area contributed by atoms with E-state index >= 15 is 0 Å². The first kappa shape index (κ1) is 11.5. The van der Waals surface area contributed by atoms with Crippen molar-refractivity contribution in [2.24, 2.45) is 17.1 Å². The third kappa shape index (κ3) is 2.71. The van der Waals surface area contributed by atoms with E-state index in [1.54, 1.807) is 0 Å². The first-order chi connectivity index (χ1) is 6.30. The van der Waals surface area contributed by atoms with E-state index in [0.29, 0.717) is 6.04 Å². The number of hydrogen-bond acceptors (Lipinski definition) is 2. The van der Waals surface area contributed by atoms with Gasteiger partial charge in [0, 0.05) is 6.04 Å². The molecule has 0 aromatic heterocycles. The summed E-state index contributed by atoms with van der Waals surface area (Å²) in [7, 11) is 0. The van der Waals surface area contributed by atoms with Gasteiger partial charge >= 0.3 is 0 Å². The van der Waals surface area contributed by atoms with E-state index in [1.807, 2.05) is 20.8 Å². The Hall–Kier alpha value is -0.570. The molecule has 0 aromatic rings. The smallest absolute Gasteiger partial charge is 0.237 e. The van der Waals surface area contributed by atoms with Crippen LogP contribution in [0, 0.1) is 11.3 Å². The summed E-state index contributed by atoms with van der Waals surface area (Å²) in [4.78, 5) is 11.7. The van der Waals surface area contributed by atoms with Crippen LogP contribution in [-0.2, 0) is 4.79 Å². The molecule has 1 rings (SSSR count). The Morgan fingerprint density at radius 3 is 2.29 bits per heavy atom. The molecule has 0 radical (unpaired) electrons. The molecular weight excluding hydrogens is 176 g/mol. The maximum atomic E-state index is 11.7. The van der Waals surface area contributed by atoms with Crippen LogP contribution in [0.4, 0.5) is 0 Å². The normalized spacial score (nSPS) is 29.2. The number of amides is 1. The molecule has 1 saturated carbocycles. The third-order valence-electron chi connectivity index (χ3n) is 2.94. The molecule has 82 valence electrons. The molecule has 1 amide bonds. The zero-order valence-electron chi connectivity index (χ0n) is 9.63. The second kappa shape index (κ2) is 3.89. The molecule has 3 heteroatoms. The van der Waals surface area contributed by atoms with Gasteiger partial charge in [0.05, 0.1) is 6.04 Å². The SMILES string of the molecule is CC1CC(NC(=O)[C@@H](N)C(C)(C)C)C1. The monoisotopic (exact) mass is 198 g/mol. The fourth-order valence-electron chi connectivity index (χ4n) is 1.70. The molecule has 0 aliphatic heterocycles. The van der Waals surface area contributed by atoms with Gasteiger partial charge in [0.1, 0.15) is 0 Å². The lowest BCUT2D eigenvalue weighted by molar-refractivity contribution is -0.126. The molecule has 1 aliphatic rings. The quantitative estimate of drug-likeness (QED) is 0.702. The minimum atomic E-state index is -0.404. The van der Waals surface area contributed by atoms with Crippen molar-refractivity contribution in [3.05, 3.63) is 0 Å². The lowest BCUT2D eigenvalue weighted by Crippen LogP contribution is -2.53. The molecule has 1 fully saturated rings. The number of nitrogens with one attached hydrogen (secondary N) is 1. The minimum Gasteiger partial charge on any atom is -0.352 e. The topological polar surface area (TPSA) is 55.1 Å². The van der Waals surface area contributed by atoms with Gasteiger partial charge in [0.25, 0.3) is 0 Å². The number of carbonyl (C=O) groups excluding carboxylic acids is 1. The summed E-state index contributed by atoms with van der Waals surface area (Å²) >= 11 is 0. The van der Waals surface area contributed by atoms with Crippen molar-refractivity contribution in [2.75, 3.05) is 0 Å². The van der Waals surface area contributed by atoms with Crippen LogP contribution in [0.15, 0.2) is 0 Å². The van der Waals surface area contributed by atoms with E-state index in [2.05, 4.69) is 12.2 Å². The molecule has 3 nitrogen and oxygen atoms in total. The summed E-state index contributed by atoms with van der Waals surface area (Å²) in [6.07, 6.45) is 2.20. The molecule has 0 aromatic carbocycles. The fourth-order valence-corrected chi connectivity index (χ4v) is 1.70. The Morgan fingerprint density at radius 2 is 1.93 bits per heavy atom. The van der Waals surface area contributed by atoms with Crippen molar-refractivity contribution in [3.63, 3.8) is 0 Å². The van der Waals surface area contributed by atoms with Gasteiger partial charge in [-0.2, -0.15) is 0 Å². The number of rotatable bonds is 2. The number of hydrogen-bond donors (Lipinski definition) is 2. The van der Waals surface area contributed by atoms with Crippen LogP contribution in [0.25, 0.3) is 0 Å². The fraction of sp³-hybridized carbons (Fsp3) is 0.909. The van der Waals surface area contributed by atoms with E-state index in [1.165, 1.54) is 0 Å². The van der Waals surface area contributed by atoms with E-state index in [4.69, 9.17) is 5.73 Å². The first-order valence-electron chi connectivity index (χ1n) is 5.36. The van der Waals surface area contributed by atoms with E-state index in [9.17, 15) is 4.79 Å². The number of carbonyl (C=O) groups is 1. The molecule has 0 spiro atoms. The highest BCUT2D eigenvalue weighted by molar-refractivity contribution is 5.82. The van der Waals surface area contributed by atoms with Gasteiger partial charge in [-0.15, -0.1) is 0 Å². The predicted molar refractivity (Wildman–Crippen MR) is 57.8 cm³/mol. The maximum absolute atomic E-state index is 11.7. The van der Waals surface area contributed by atoms with Gasteiger partial charge in [-0.1, -0.05) is 27.7 Å². The van der Waals surface area contributed by atoms with Crippen LogP contribution in [-0.4, -0.2) is 18.0 Å². The molecule has 1 atom stereocenters. The van der Waals surface area contributed by atoms with Crippen molar-refractivity contribution in [1.82, 2.24) is 5.32 Å². The Kier molecular flexibility index (Phi) is 3.20. The molecular formula is C11H22N2O. The summed E-state index contributed by atoms with van der Waals surface area (Å²) in [5.74, 6) is 0.751. The molecule has 0 bridgehead atoms. The predicted octanol–water partition coefficient (Wildman–Crippen LogP) is 1.27. The minimum absolute atomic E-state index is 0.00519. The molecule has 14 heavy (non-hydrogen) atoms. The van der Waals surface area contributed by atoms with Gasteiger partial charge in [-0.3, -0.25) is 4.79 Å². The summed E-state index contributed by atoms with van der Waals surface area (Å²) in [5, 5.41) is 2.99. The molecule has 0 saturated heterocycles. The van der Waals surface area contributed by atoms with E-state index < -0.39 is 6.04 Å². The maximum Gasteiger partial charge on any atom is 0.237 e. The van der Waals surface area contributed by atoms with E-state index in [0.717, 1.165) is 18.8 Å².